The lowest BCUT2D eigenvalue weighted by Crippen LogP contribution is -2.29. The van der Waals surface area contributed by atoms with Crippen molar-refractivity contribution in [1.82, 2.24) is 4.72 Å². The van der Waals surface area contributed by atoms with Crippen LogP contribution >= 0.6 is 0 Å². The van der Waals surface area contributed by atoms with Gasteiger partial charge in [0.15, 0.2) is 0 Å². The second kappa shape index (κ2) is 7.48. The molecule has 0 amide bonds. The maximum Gasteiger partial charge on any atom is 0.318 e. The molecule has 1 rings (SSSR count). The number of carboxylic acids is 1. The third-order valence-electron chi connectivity index (χ3n) is 2.73. The van der Waals surface area contributed by atoms with Crippen molar-refractivity contribution < 1.29 is 33.6 Å². The molecule has 0 aliphatic carbocycles. The monoisotopic (exact) mass is 319 g/mol. The Bertz CT molecular complexity index is 570. The van der Waals surface area contributed by atoms with Gasteiger partial charge in [0.05, 0.1) is 11.0 Å². The van der Waals surface area contributed by atoms with E-state index in [-0.39, 0.29) is 23.5 Å². The van der Waals surface area contributed by atoms with Crippen LogP contribution < -0.4 is 4.72 Å². The van der Waals surface area contributed by atoms with Gasteiger partial charge in [-0.1, -0.05) is 12.1 Å². The molecule has 1 aromatic rings. The Morgan fingerprint density at radius 1 is 1.19 bits per heavy atom. The van der Waals surface area contributed by atoms with E-state index in [1.807, 2.05) is 4.72 Å². The average molecular weight is 319 g/mol. The molecule has 0 bridgehead atoms. The Kier molecular flexibility index (Phi) is 6.24. The number of aliphatic carboxylic acids is 1. The second-order valence-electron chi connectivity index (χ2n) is 4.31. The highest BCUT2D eigenvalue weighted by atomic mass is 32.2. The lowest BCUT2D eigenvalue weighted by Gasteiger charge is -2.17. The second-order valence-corrected chi connectivity index (χ2v) is 6.08. The number of carbonyl (C=O) groups is 1. The molecule has 0 heterocycles. The van der Waals surface area contributed by atoms with E-state index in [1.165, 1.54) is 24.3 Å². The summed E-state index contributed by atoms with van der Waals surface area (Å²) in [6.45, 7) is -1.02. The largest absolute Gasteiger partial charge is 0.480 e. The number of hydrogen-bond acceptors (Lipinski definition) is 6. The first kappa shape index (κ1) is 17.5. The van der Waals surface area contributed by atoms with Crippen molar-refractivity contribution >= 4 is 16.0 Å². The molecule has 2 unspecified atom stereocenters. The summed E-state index contributed by atoms with van der Waals surface area (Å²) in [7, 11) is -3.94. The van der Waals surface area contributed by atoms with Crippen molar-refractivity contribution in [2.24, 2.45) is 0 Å². The number of hydrogen-bond donors (Lipinski definition) is 5. The van der Waals surface area contributed by atoms with Gasteiger partial charge in [0, 0.05) is 6.61 Å². The molecular formula is C12H17NO7S. The summed E-state index contributed by atoms with van der Waals surface area (Å²) < 4.78 is 25.4. The first-order valence-corrected chi connectivity index (χ1v) is 7.54. The SMILES string of the molecule is O=C(O)CNS(=O)(=O)c1ccc(C(O)C(O)CCO)cc1. The van der Waals surface area contributed by atoms with Crippen LogP contribution in [0.25, 0.3) is 0 Å². The minimum atomic E-state index is -3.94. The number of aliphatic hydroxyl groups excluding tert-OH is 3. The number of carboxylic acid groups (broad SMARTS) is 1. The maximum absolute atomic E-state index is 11.7. The predicted octanol–water partition coefficient (Wildman–Crippen LogP) is -1.17. The van der Waals surface area contributed by atoms with Gasteiger partial charge in [0.25, 0.3) is 0 Å². The number of sulfonamides is 1. The number of aliphatic hydroxyl groups is 3. The van der Waals surface area contributed by atoms with Crippen LogP contribution in [0.4, 0.5) is 0 Å². The zero-order chi connectivity index (χ0) is 16.0. The van der Waals surface area contributed by atoms with Crippen LogP contribution in [0.15, 0.2) is 29.2 Å². The van der Waals surface area contributed by atoms with E-state index < -0.39 is 34.7 Å². The molecule has 8 nitrogen and oxygen atoms in total. The highest BCUT2D eigenvalue weighted by Crippen LogP contribution is 2.20. The molecule has 1 aromatic carbocycles. The highest BCUT2D eigenvalue weighted by Gasteiger charge is 2.20. The smallest absolute Gasteiger partial charge is 0.318 e. The molecule has 9 heteroatoms. The van der Waals surface area contributed by atoms with E-state index in [1.54, 1.807) is 0 Å². The zero-order valence-corrected chi connectivity index (χ0v) is 11.8. The van der Waals surface area contributed by atoms with Gasteiger partial charge >= 0.3 is 5.97 Å². The molecule has 0 aromatic heterocycles. The van der Waals surface area contributed by atoms with E-state index in [9.17, 15) is 23.4 Å². The first-order chi connectivity index (χ1) is 9.77. The summed E-state index contributed by atoms with van der Waals surface area (Å²) in [5.41, 5.74) is 0.285. The Labute approximate surface area is 121 Å². The van der Waals surface area contributed by atoms with Gasteiger partial charge in [0.1, 0.15) is 12.6 Å². The third kappa shape index (κ3) is 5.06. The Balaban J connectivity index is 2.84. The molecule has 0 spiro atoms. The molecule has 0 saturated carbocycles. The van der Waals surface area contributed by atoms with E-state index in [2.05, 4.69) is 0 Å². The number of rotatable bonds is 8. The van der Waals surface area contributed by atoms with Crippen LogP contribution in [0.3, 0.4) is 0 Å². The van der Waals surface area contributed by atoms with Crippen LogP contribution in [-0.2, 0) is 14.8 Å². The topological polar surface area (TPSA) is 144 Å². The van der Waals surface area contributed by atoms with E-state index in [0.29, 0.717) is 0 Å². The van der Waals surface area contributed by atoms with Gasteiger partial charge in [-0.25, -0.2) is 8.42 Å². The molecule has 0 saturated heterocycles. The quantitative estimate of drug-likeness (QED) is 0.406. The van der Waals surface area contributed by atoms with Crippen LogP contribution in [0.2, 0.25) is 0 Å². The number of benzene rings is 1. The van der Waals surface area contributed by atoms with Gasteiger partial charge in [-0.15, -0.1) is 0 Å². The minimum Gasteiger partial charge on any atom is -0.480 e. The van der Waals surface area contributed by atoms with Crippen molar-refractivity contribution in [3.63, 3.8) is 0 Å². The molecule has 5 N–H and O–H groups in total. The van der Waals surface area contributed by atoms with E-state index >= 15 is 0 Å². The molecule has 0 radical (unpaired) electrons. The molecule has 0 aliphatic heterocycles. The Morgan fingerprint density at radius 2 is 1.76 bits per heavy atom. The van der Waals surface area contributed by atoms with Crippen LogP contribution in [0, 0.1) is 0 Å². The molecule has 0 fully saturated rings. The van der Waals surface area contributed by atoms with Crippen molar-refractivity contribution in [3.05, 3.63) is 29.8 Å². The van der Waals surface area contributed by atoms with Crippen molar-refractivity contribution in [1.29, 1.82) is 0 Å². The summed E-state index contributed by atoms with van der Waals surface area (Å²) in [6.07, 6.45) is -2.43. The molecular weight excluding hydrogens is 302 g/mol. The average Bonchev–Trinajstić information content (AvgIpc) is 2.45. The zero-order valence-electron chi connectivity index (χ0n) is 11.0. The van der Waals surface area contributed by atoms with Crippen LogP contribution in [0.1, 0.15) is 18.1 Å². The lowest BCUT2D eigenvalue weighted by atomic mass is 10.0. The minimum absolute atomic E-state index is 0.0125. The van der Waals surface area contributed by atoms with Crippen molar-refractivity contribution in [2.45, 2.75) is 23.5 Å². The fourth-order valence-electron chi connectivity index (χ4n) is 1.60. The fourth-order valence-corrected chi connectivity index (χ4v) is 2.57. The maximum atomic E-state index is 11.7. The Morgan fingerprint density at radius 3 is 2.24 bits per heavy atom. The van der Waals surface area contributed by atoms with Gasteiger partial charge in [-0.2, -0.15) is 4.72 Å². The van der Waals surface area contributed by atoms with E-state index in [0.717, 1.165) is 0 Å². The van der Waals surface area contributed by atoms with Gasteiger partial charge < -0.3 is 20.4 Å². The van der Waals surface area contributed by atoms with E-state index in [4.69, 9.17) is 10.2 Å². The number of nitrogens with one attached hydrogen (secondary N) is 1. The summed E-state index contributed by atoms with van der Waals surface area (Å²) in [4.78, 5) is 10.2. The molecule has 118 valence electrons. The predicted molar refractivity (Wildman–Crippen MR) is 71.9 cm³/mol. The summed E-state index contributed by atoms with van der Waals surface area (Å²) >= 11 is 0. The molecule has 0 aliphatic rings. The van der Waals surface area contributed by atoms with Crippen LogP contribution in [-0.4, -0.2) is 54.1 Å². The van der Waals surface area contributed by atoms with Crippen LogP contribution in [0.5, 0.6) is 0 Å². The summed E-state index contributed by atoms with van der Waals surface area (Å²) in [6, 6.07) is 4.99. The molecule has 21 heavy (non-hydrogen) atoms. The van der Waals surface area contributed by atoms with Crippen molar-refractivity contribution in [2.75, 3.05) is 13.2 Å². The lowest BCUT2D eigenvalue weighted by molar-refractivity contribution is -0.135. The summed E-state index contributed by atoms with van der Waals surface area (Å²) in [5.74, 6) is -1.31. The van der Waals surface area contributed by atoms with Gasteiger partial charge in [0.2, 0.25) is 10.0 Å². The third-order valence-corrected chi connectivity index (χ3v) is 4.15. The fraction of sp³-hybridized carbons (Fsp3) is 0.417. The van der Waals surface area contributed by atoms with Gasteiger partial charge in [-0.05, 0) is 24.1 Å². The normalized spacial score (nSPS) is 14.6. The van der Waals surface area contributed by atoms with Gasteiger partial charge in [-0.3, -0.25) is 4.79 Å². The Hall–Kier alpha value is -1.52. The standard InChI is InChI=1S/C12H17NO7S/c14-6-5-10(15)12(18)8-1-3-9(4-2-8)21(19,20)13-7-11(16)17/h1-4,10,12-15,18H,5-7H2,(H,16,17). The highest BCUT2D eigenvalue weighted by molar-refractivity contribution is 7.89. The summed E-state index contributed by atoms with van der Waals surface area (Å²) in [5, 5.41) is 36.5. The first-order valence-electron chi connectivity index (χ1n) is 6.06. The van der Waals surface area contributed by atoms with Crippen molar-refractivity contribution in [3.8, 4) is 0 Å². The molecule has 2 atom stereocenters.